The second-order valence-corrected chi connectivity index (χ2v) is 7.48. The highest BCUT2D eigenvalue weighted by molar-refractivity contribution is 6.05. The molecule has 1 amide bonds. The van der Waals surface area contributed by atoms with Crippen molar-refractivity contribution in [1.82, 2.24) is 10.1 Å². The number of carbonyl (C=O) groups is 2. The van der Waals surface area contributed by atoms with E-state index in [9.17, 15) is 9.59 Å². The van der Waals surface area contributed by atoms with Crippen molar-refractivity contribution in [2.24, 2.45) is 0 Å². The molecule has 1 saturated heterocycles. The van der Waals surface area contributed by atoms with Crippen molar-refractivity contribution in [2.45, 2.75) is 32.4 Å². The second-order valence-electron chi connectivity index (χ2n) is 7.48. The van der Waals surface area contributed by atoms with Gasteiger partial charge < -0.3 is 19.5 Å². The number of rotatable bonds is 4. The molecule has 0 spiro atoms. The Morgan fingerprint density at radius 3 is 3.03 bits per heavy atom. The molecule has 152 valence electrons. The van der Waals surface area contributed by atoms with E-state index in [1.807, 2.05) is 37.3 Å². The Kier molecular flexibility index (Phi) is 4.46. The highest BCUT2D eigenvalue weighted by Crippen LogP contribution is 2.37. The lowest BCUT2D eigenvalue weighted by Crippen LogP contribution is -2.43. The first kappa shape index (κ1) is 18.4. The van der Waals surface area contributed by atoms with Crippen LogP contribution in [0.4, 0.5) is 11.4 Å². The number of carbonyl (C=O) groups excluding carboxylic acids is 2. The molecular formula is C22H20N4O4. The van der Waals surface area contributed by atoms with E-state index in [2.05, 4.69) is 20.4 Å². The van der Waals surface area contributed by atoms with Crippen LogP contribution in [0.2, 0.25) is 0 Å². The summed E-state index contributed by atoms with van der Waals surface area (Å²) in [6, 6.07) is 12.8. The zero-order valence-corrected chi connectivity index (χ0v) is 16.4. The second kappa shape index (κ2) is 7.29. The molecule has 2 aliphatic heterocycles. The van der Waals surface area contributed by atoms with Crippen LogP contribution in [0.25, 0.3) is 11.4 Å². The maximum atomic E-state index is 12.5. The van der Waals surface area contributed by atoms with Crippen molar-refractivity contribution in [2.75, 3.05) is 16.8 Å². The van der Waals surface area contributed by atoms with Gasteiger partial charge in [-0.1, -0.05) is 29.4 Å². The molecule has 30 heavy (non-hydrogen) atoms. The van der Waals surface area contributed by atoms with Gasteiger partial charge in [0.05, 0.1) is 16.9 Å². The minimum Gasteiger partial charge on any atom is -0.452 e. The average Bonchev–Trinajstić information content (AvgIpc) is 3.42. The number of nitrogens with one attached hydrogen (secondary N) is 1. The average molecular weight is 404 g/mol. The number of ether oxygens (including phenoxy) is 1. The van der Waals surface area contributed by atoms with E-state index in [-0.39, 0.29) is 24.4 Å². The highest BCUT2D eigenvalue weighted by atomic mass is 16.6. The third kappa shape index (κ3) is 3.20. The number of amides is 1. The zero-order chi connectivity index (χ0) is 20.7. The van der Waals surface area contributed by atoms with Crippen molar-refractivity contribution in [3.05, 3.63) is 59.5 Å². The van der Waals surface area contributed by atoms with Crippen molar-refractivity contribution in [3.8, 4) is 11.4 Å². The lowest BCUT2D eigenvalue weighted by Gasteiger charge is -2.33. The third-order valence-electron chi connectivity index (χ3n) is 5.54. The lowest BCUT2D eigenvalue weighted by molar-refractivity contribution is -0.117. The maximum absolute atomic E-state index is 12.5. The van der Waals surface area contributed by atoms with Crippen molar-refractivity contribution in [1.29, 1.82) is 0 Å². The summed E-state index contributed by atoms with van der Waals surface area (Å²) in [5.74, 6) is 0.120. The molecule has 0 aliphatic carbocycles. The molecule has 8 nitrogen and oxygen atoms in total. The fourth-order valence-corrected chi connectivity index (χ4v) is 4.01. The molecule has 1 fully saturated rings. The molecule has 3 aromatic rings. The minimum absolute atomic E-state index is 0.0277. The Labute approximate surface area is 172 Å². The Balaban J connectivity index is 1.28. The van der Waals surface area contributed by atoms with Gasteiger partial charge in [-0.15, -0.1) is 0 Å². The topological polar surface area (TPSA) is 97.6 Å². The molecule has 2 aromatic carbocycles. The molecule has 3 heterocycles. The Morgan fingerprint density at radius 1 is 1.30 bits per heavy atom. The van der Waals surface area contributed by atoms with Crippen molar-refractivity contribution < 1.29 is 18.8 Å². The van der Waals surface area contributed by atoms with Crippen LogP contribution in [-0.2, 0) is 16.1 Å². The zero-order valence-electron chi connectivity index (χ0n) is 16.4. The van der Waals surface area contributed by atoms with E-state index < -0.39 is 5.97 Å². The monoisotopic (exact) mass is 404 g/mol. The highest BCUT2D eigenvalue weighted by Gasteiger charge is 2.36. The van der Waals surface area contributed by atoms with Gasteiger partial charge in [-0.2, -0.15) is 4.98 Å². The summed E-state index contributed by atoms with van der Waals surface area (Å²) in [5.41, 5.74) is 3.81. The van der Waals surface area contributed by atoms with E-state index in [0.29, 0.717) is 17.1 Å². The summed E-state index contributed by atoms with van der Waals surface area (Å²) in [4.78, 5) is 31.2. The Hall–Kier alpha value is -3.68. The van der Waals surface area contributed by atoms with Crippen LogP contribution in [0.3, 0.4) is 0 Å². The van der Waals surface area contributed by atoms with Gasteiger partial charge in [0.2, 0.25) is 11.7 Å². The minimum atomic E-state index is -0.522. The first-order chi connectivity index (χ1) is 14.6. The summed E-state index contributed by atoms with van der Waals surface area (Å²) in [6.07, 6.45) is 1.83. The molecular weight excluding hydrogens is 384 g/mol. The quantitative estimate of drug-likeness (QED) is 0.666. The molecule has 0 saturated carbocycles. The number of hydrogen-bond donors (Lipinski definition) is 1. The van der Waals surface area contributed by atoms with Crippen LogP contribution in [0.1, 0.15) is 34.7 Å². The van der Waals surface area contributed by atoms with Gasteiger partial charge in [0.1, 0.15) is 6.04 Å². The Morgan fingerprint density at radius 2 is 2.17 bits per heavy atom. The van der Waals surface area contributed by atoms with Gasteiger partial charge in [0, 0.05) is 12.1 Å². The standard InChI is InChI=1S/C22H20N4O4/c1-13-5-2-3-6-15(13)20-24-19(30-25-20)12-29-22(28)14-8-9-17-16(11-14)23-21(27)18-7-4-10-26(17)18/h2-3,5-6,8-9,11,18H,4,7,10,12H2,1H3,(H,23,27)/t18-/m1/s1. The van der Waals surface area contributed by atoms with Gasteiger partial charge in [-0.3, -0.25) is 4.79 Å². The number of hydrogen-bond acceptors (Lipinski definition) is 7. The summed E-state index contributed by atoms with van der Waals surface area (Å²) >= 11 is 0. The molecule has 0 radical (unpaired) electrons. The number of anilines is 2. The molecule has 1 aromatic heterocycles. The van der Waals surface area contributed by atoms with Gasteiger partial charge in [0.15, 0.2) is 6.61 Å². The first-order valence-corrected chi connectivity index (χ1v) is 9.87. The smallest absolute Gasteiger partial charge is 0.338 e. The molecule has 2 aliphatic rings. The summed E-state index contributed by atoms with van der Waals surface area (Å²) in [7, 11) is 0. The molecule has 8 heteroatoms. The summed E-state index contributed by atoms with van der Waals surface area (Å²) < 4.78 is 10.5. The van der Waals surface area contributed by atoms with E-state index in [4.69, 9.17) is 9.26 Å². The van der Waals surface area contributed by atoms with E-state index in [1.165, 1.54) is 0 Å². The van der Waals surface area contributed by atoms with Gasteiger partial charge in [-0.05, 0) is 43.5 Å². The van der Waals surface area contributed by atoms with Crippen molar-refractivity contribution in [3.63, 3.8) is 0 Å². The fraction of sp³-hybridized carbons (Fsp3) is 0.273. The van der Waals surface area contributed by atoms with E-state index >= 15 is 0 Å². The van der Waals surface area contributed by atoms with Crippen LogP contribution >= 0.6 is 0 Å². The predicted molar refractivity (Wildman–Crippen MR) is 109 cm³/mol. The summed E-state index contributed by atoms with van der Waals surface area (Å²) in [5, 5.41) is 6.86. The van der Waals surface area contributed by atoms with Crippen LogP contribution in [0.5, 0.6) is 0 Å². The van der Waals surface area contributed by atoms with E-state index in [1.54, 1.807) is 12.1 Å². The van der Waals surface area contributed by atoms with Crippen LogP contribution in [0.15, 0.2) is 47.0 Å². The lowest BCUT2D eigenvalue weighted by atomic mass is 10.1. The predicted octanol–water partition coefficient (Wildman–Crippen LogP) is 3.32. The van der Waals surface area contributed by atoms with Gasteiger partial charge in [-0.25, -0.2) is 4.79 Å². The SMILES string of the molecule is Cc1ccccc1-c1noc(COC(=O)c2ccc3c(c2)NC(=O)[C@H]2CCCN32)n1. The molecule has 1 atom stereocenters. The number of esters is 1. The normalized spacial score (nSPS) is 17.3. The molecule has 1 N–H and O–H groups in total. The molecule has 0 bridgehead atoms. The summed E-state index contributed by atoms with van der Waals surface area (Å²) in [6.45, 7) is 2.68. The Bertz CT molecular complexity index is 1140. The molecule has 0 unspecified atom stereocenters. The maximum Gasteiger partial charge on any atom is 0.338 e. The van der Waals surface area contributed by atoms with Gasteiger partial charge in [0.25, 0.3) is 5.89 Å². The number of aryl methyl sites for hydroxylation is 1. The molecule has 5 rings (SSSR count). The number of fused-ring (bicyclic) bond motifs is 3. The van der Waals surface area contributed by atoms with Crippen molar-refractivity contribution >= 4 is 23.3 Å². The van der Waals surface area contributed by atoms with Crippen LogP contribution < -0.4 is 10.2 Å². The number of benzene rings is 2. The fourth-order valence-electron chi connectivity index (χ4n) is 4.01. The number of nitrogens with zero attached hydrogens (tertiary/aromatic N) is 3. The third-order valence-corrected chi connectivity index (χ3v) is 5.54. The first-order valence-electron chi connectivity index (χ1n) is 9.87. The van der Waals surface area contributed by atoms with Gasteiger partial charge >= 0.3 is 5.97 Å². The number of aromatic nitrogens is 2. The largest absolute Gasteiger partial charge is 0.452 e. The van der Waals surface area contributed by atoms with Crippen LogP contribution in [-0.4, -0.2) is 34.6 Å². The van der Waals surface area contributed by atoms with Crippen LogP contribution in [0, 0.1) is 6.92 Å². The van der Waals surface area contributed by atoms with E-state index in [0.717, 1.165) is 36.2 Å².